The molecule has 0 atom stereocenters. The zero-order valence-electron chi connectivity index (χ0n) is 4.10. The molecule has 0 bridgehead atoms. The molecule has 0 aliphatic rings. The summed E-state index contributed by atoms with van der Waals surface area (Å²) in [6.07, 6.45) is 3.25. The fourth-order valence-corrected chi connectivity index (χ4v) is 0.227. The third-order valence-corrected chi connectivity index (χ3v) is 0.425. The third kappa shape index (κ3) is 5.13. The molecule has 0 saturated carbocycles. The van der Waals surface area contributed by atoms with Gasteiger partial charge in [0.15, 0.2) is 0 Å². The second-order valence-electron chi connectivity index (χ2n) is 0.793. The van der Waals surface area contributed by atoms with E-state index in [0.29, 0.717) is 0 Å². The molecule has 0 unspecified atom stereocenters. The van der Waals surface area contributed by atoms with Gasteiger partial charge in [-0.1, -0.05) is 0 Å². The van der Waals surface area contributed by atoms with Gasteiger partial charge in [0.1, 0.15) is 0 Å². The first-order valence-electron chi connectivity index (χ1n) is 1.47. The van der Waals surface area contributed by atoms with Crippen molar-refractivity contribution in [3.8, 4) is 0 Å². The minimum atomic E-state index is 0. The summed E-state index contributed by atoms with van der Waals surface area (Å²) in [7, 11) is 0. The van der Waals surface area contributed by atoms with Gasteiger partial charge in [-0.25, -0.2) is 0 Å². The average molecular weight is 220 g/mol. The molecule has 34 valence electrons. The van der Waals surface area contributed by atoms with E-state index in [2.05, 4.69) is 4.42 Å². The van der Waals surface area contributed by atoms with Gasteiger partial charge >= 0.3 is 68.9 Å². The zero-order chi connectivity index (χ0) is 3.54. The van der Waals surface area contributed by atoms with Gasteiger partial charge in [0.25, 0.3) is 0 Å². The van der Waals surface area contributed by atoms with Crippen LogP contribution in [0.4, 0.5) is 0 Å². The fraction of sp³-hybridized carbons (Fsp3) is 0. The van der Waals surface area contributed by atoms with E-state index < -0.39 is 0 Å². The Balaban J connectivity index is 0. The maximum absolute atomic E-state index is 4.58. The Labute approximate surface area is 100 Å². The summed E-state index contributed by atoms with van der Waals surface area (Å²) in [5.74, 6) is 0. The summed E-state index contributed by atoms with van der Waals surface area (Å²) < 4.78 is 4.58. The smallest absolute Gasteiger partial charge is 1.00 e. The van der Waals surface area contributed by atoms with Crippen LogP contribution in [-0.2, 0) is 0 Å². The van der Waals surface area contributed by atoms with E-state index in [1.807, 2.05) is 12.1 Å². The monoisotopic (exact) mass is 220 g/mol. The van der Waals surface area contributed by atoms with Crippen LogP contribution in [0.15, 0.2) is 29.1 Å². The topological polar surface area (TPSA) is 13.1 Å². The molecule has 0 aliphatic heterocycles. The van der Waals surface area contributed by atoms with E-state index in [1.165, 1.54) is 0 Å². The molecule has 3 heteroatoms. The van der Waals surface area contributed by atoms with Gasteiger partial charge in [0, 0.05) is 0 Å². The van der Waals surface area contributed by atoms with Crippen molar-refractivity contribution in [3.63, 3.8) is 0 Å². The van der Waals surface area contributed by atoms with E-state index in [4.69, 9.17) is 0 Å². The van der Waals surface area contributed by atoms with Crippen LogP contribution in [0, 0.1) is 0 Å². The number of hydrogen-bond acceptors (Lipinski definition) is 1. The Morgan fingerprint density at radius 2 is 1.43 bits per heavy atom. The number of furan rings is 1. The Kier molecular flexibility index (Phi) is 11.5. The Morgan fingerprint density at radius 3 is 1.57 bits per heavy atom. The molecule has 0 saturated heterocycles. The van der Waals surface area contributed by atoms with Crippen LogP contribution in [-0.4, -0.2) is 0 Å². The molecule has 1 heterocycles. The first kappa shape index (κ1) is 11.1. The van der Waals surface area contributed by atoms with Gasteiger partial charge in [-0.2, -0.15) is 0 Å². The van der Waals surface area contributed by atoms with Crippen molar-refractivity contribution >= 4 is 0 Å². The van der Waals surface area contributed by atoms with E-state index in [1.54, 1.807) is 12.5 Å². The van der Waals surface area contributed by atoms with E-state index in [0.717, 1.165) is 0 Å². The van der Waals surface area contributed by atoms with Crippen LogP contribution in [0.3, 0.4) is 0 Å². The molecule has 7 heavy (non-hydrogen) atoms. The molecule has 1 aromatic heterocycles. The molecule has 0 spiro atoms. The van der Waals surface area contributed by atoms with Gasteiger partial charge in [0.2, 0.25) is 0 Å². The van der Waals surface area contributed by atoms with Crippen LogP contribution >= 0.6 is 0 Å². The Morgan fingerprint density at radius 1 is 1.00 bits per heavy atom. The third-order valence-electron chi connectivity index (χ3n) is 0.425. The predicted molar refractivity (Wildman–Crippen MR) is 18.7 cm³/mol. The SMILES string of the molecule is [Cs+].[F-].c1ccoc1. The molecule has 0 fully saturated rings. The quantitative estimate of drug-likeness (QED) is 0.428. The summed E-state index contributed by atoms with van der Waals surface area (Å²) in [5.41, 5.74) is 0. The van der Waals surface area contributed by atoms with Gasteiger partial charge < -0.3 is 9.12 Å². The number of halogens is 1. The van der Waals surface area contributed by atoms with Gasteiger partial charge in [-0.15, -0.1) is 0 Å². The summed E-state index contributed by atoms with van der Waals surface area (Å²) in [6.45, 7) is 0. The molecule has 0 aromatic carbocycles. The van der Waals surface area contributed by atoms with Crippen molar-refractivity contribution < 1.29 is 78.0 Å². The van der Waals surface area contributed by atoms with Crippen LogP contribution in [0.5, 0.6) is 0 Å². The largest absolute Gasteiger partial charge is 1.00 e. The van der Waals surface area contributed by atoms with Gasteiger partial charge in [-0.05, 0) is 12.1 Å². The predicted octanol–water partition coefficient (Wildman–Crippen LogP) is -4.71. The molecular formula is C4H4CsFO. The molecule has 1 rings (SSSR count). The zero-order valence-corrected chi connectivity index (χ0v) is 10.4. The molecular weight excluding hydrogens is 216 g/mol. The van der Waals surface area contributed by atoms with Gasteiger partial charge in [-0.3, -0.25) is 0 Å². The van der Waals surface area contributed by atoms with Crippen LogP contribution < -0.4 is 73.6 Å². The second-order valence-corrected chi connectivity index (χ2v) is 0.793. The van der Waals surface area contributed by atoms with Crippen LogP contribution in [0.2, 0.25) is 0 Å². The standard InChI is InChI=1S/C4H4O.Cs.FH/c1-2-4-5-3-1;;/h1-4H;;1H/q;+1;/p-1. The van der Waals surface area contributed by atoms with Crippen molar-refractivity contribution in [2.75, 3.05) is 0 Å². The minimum absolute atomic E-state index is 0. The van der Waals surface area contributed by atoms with E-state index >= 15 is 0 Å². The number of rotatable bonds is 0. The number of hydrogen-bond donors (Lipinski definition) is 0. The summed E-state index contributed by atoms with van der Waals surface area (Å²) in [6, 6.07) is 3.67. The summed E-state index contributed by atoms with van der Waals surface area (Å²) in [5, 5.41) is 0. The molecule has 0 radical (unpaired) electrons. The molecule has 0 amide bonds. The van der Waals surface area contributed by atoms with Crippen molar-refractivity contribution in [1.29, 1.82) is 0 Å². The first-order chi connectivity index (χ1) is 2.50. The molecule has 0 aliphatic carbocycles. The van der Waals surface area contributed by atoms with Crippen molar-refractivity contribution in [2.45, 2.75) is 0 Å². The molecule has 1 aromatic rings. The molecule has 1 nitrogen and oxygen atoms in total. The maximum atomic E-state index is 4.58. The van der Waals surface area contributed by atoms with E-state index in [9.17, 15) is 0 Å². The average Bonchev–Trinajstić information content (AvgIpc) is 1.76. The Hall–Kier alpha value is 1.26. The van der Waals surface area contributed by atoms with Crippen LogP contribution in [0.1, 0.15) is 0 Å². The van der Waals surface area contributed by atoms with E-state index in [-0.39, 0.29) is 73.6 Å². The summed E-state index contributed by atoms with van der Waals surface area (Å²) in [4.78, 5) is 0. The molecule has 0 N–H and O–H groups in total. The normalized spacial score (nSPS) is 5.71. The summed E-state index contributed by atoms with van der Waals surface area (Å²) >= 11 is 0. The maximum Gasteiger partial charge on any atom is 1.00 e. The van der Waals surface area contributed by atoms with Crippen molar-refractivity contribution in [3.05, 3.63) is 24.7 Å². The second kappa shape index (κ2) is 7.26. The van der Waals surface area contributed by atoms with Crippen molar-refractivity contribution in [1.82, 2.24) is 0 Å². The van der Waals surface area contributed by atoms with Crippen molar-refractivity contribution in [2.24, 2.45) is 0 Å². The Bertz CT molecular complexity index is 68.2. The first-order valence-corrected chi connectivity index (χ1v) is 1.47. The minimum Gasteiger partial charge on any atom is -1.00 e. The van der Waals surface area contributed by atoms with Gasteiger partial charge in [0.05, 0.1) is 12.5 Å². The van der Waals surface area contributed by atoms with Crippen LogP contribution in [0.25, 0.3) is 0 Å². The fourth-order valence-electron chi connectivity index (χ4n) is 0.227.